The summed E-state index contributed by atoms with van der Waals surface area (Å²) in [5.41, 5.74) is -3.17. The van der Waals surface area contributed by atoms with Gasteiger partial charge in [0.1, 0.15) is 0 Å². The summed E-state index contributed by atoms with van der Waals surface area (Å²) in [5, 5.41) is 42.9. The second-order valence-electron chi connectivity index (χ2n) is 4.50. The number of hydrogen-bond acceptors (Lipinski definition) is 6. The van der Waals surface area contributed by atoms with E-state index in [-0.39, 0.29) is 5.71 Å². The van der Waals surface area contributed by atoms with E-state index in [0.717, 1.165) is 0 Å². The molecule has 90 valence electrons. The van der Waals surface area contributed by atoms with Crippen molar-refractivity contribution in [3.63, 3.8) is 0 Å². The molecule has 0 aromatic carbocycles. The zero-order valence-electron chi connectivity index (χ0n) is 10.5. The van der Waals surface area contributed by atoms with Gasteiger partial charge in [-0.15, -0.1) is 0 Å². The van der Waals surface area contributed by atoms with Gasteiger partial charge < -0.3 is 5.01 Å². The molecule has 0 radical (unpaired) electrons. The Labute approximate surface area is 106 Å². The molecule has 0 bridgehead atoms. The third-order valence-corrected chi connectivity index (χ3v) is 3.27. The van der Waals surface area contributed by atoms with Crippen LogP contribution in [0.1, 0.15) is 13.3 Å². The molecule has 1 aliphatic rings. The van der Waals surface area contributed by atoms with Gasteiger partial charge in [-0.05, 0) is 12.3 Å². The van der Waals surface area contributed by atoms with Crippen LogP contribution in [0.3, 0.4) is 0 Å². The lowest BCUT2D eigenvalue weighted by atomic mass is 9.65. The third kappa shape index (κ3) is 1.41. The number of hydrazone groups is 1. The SMILES string of the molecule is C[C@H]1C/C(=N/N(C)C)C(C#N)(C#N)C1(C#N)C#N. The number of nitriles is 4. The zero-order valence-corrected chi connectivity index (χ0v) is 10.5. The lowest BCUT2D eigenvalue weighted by Crippen LogP contribution is -2.40. The number of hydrogen-bond donors (Lipinski definition) is 0. The summed E-state index contributed by atoms with van der Waals surface area (Å²) in [6.07, 6.45) is 0.292. The molecule has 6 heteroatoms. The predicted molar refractivity (Wildman–Crippen MR) is 62.2 cm³/mol. The third-order valence-electron chi connectivity index (χ3n) is 3.27. The first-order valence-electron chi connectivity index (χ1n) is 5.34. The predicted octanol–water partition coefficient (Wildman–Crippen LogP) is 1.01. The highest BCUT2D eigenvalue weighted by molar-refractivity contribution is 5.99. The van der Waals surface area contributed by atoms with Gasteiger partial charge in [0.05, 0.1) is 30.0 Å². The molecule has 6 nitrogen and oxygen atoms in total. The maximum atomic E-state index is 9.34. The van der Waals surface area contributed by atoms with Crippen molar-refractivity contribution in [2.45, 2.75) is 13.3 Å². The van der Waals surface area contributed by atoms with E-state index < -0.39 is 16.7 Å². The Balaban J connectivity index is 3.62. The average Bonchev–Trinajstić information content (AvgIpc) is 2.57. The van der Waals surface area contributed by atoms with Crippen LogP contribution in [0.4, 0.5) is 0 Å². The second kappa shape index (κ2) is 4.36. The van der Waals surface area contributed by atoms with Crippen LogP contribution < -0.4 is 0 Å². The van der Waals surface area contributed by atoms with E-state index in [4.69, 9.17) is 0 Å². The van der Waals surface area contributed by atoms with E-state index in [1.807, 2.05) is 24.3 Å². The van der Waals surface area contributed by atoms with Crippen LogP contribution in [0.15, 0.2) is 5.10 Å². The Morgan fingerprint density at radius 2 is 1.61 bits per heavy atom. The van der Waals surface area contributed by atoms with Crippen molar-refractivity contribution < 1.29 is 0 Å². The Hall–Kier alpha value is -2.57. The molecule has 0 aromatic heterocycles. The fourth-order valence-corrected chi connectivity index (χ4v) is 2.29. The van der Waals surface area contributed by atoms with Crippen molar-refractivity contribution in [3.05, 3.63) is 0 Å². The molecule has 0 unspecified atom stereocenters. The molecule has 1 aliphatic carbocycles. The van der Waals surface area contributed by atoms with Gasteiger partial charge in [-0.1, -0.05) is 6.92 Å². The van der Waals surface area contributed by atoms with Crippen molar-refractivity contribution in [3.8, 4) is 24.3 Å². The van der Waals surface area contributed by atoms with Crippen molar-refractivity contribution >= 4 is 5.71 Å². The Morgan fingerprint density at radius 3 is 1.94 bits per heavy atom. The molecule has 18 heavy (non-hydrogen) atoms. The summed E-state index contributed by atoms with van der Waals surface area (Å²) < 4.78 is 0. The summed E-state index contributed by atoms with van der Waals surface area (Å²) >= 11 is 0. The first-order chi connectivity index (χ1) is 8.44. The van der Waals surface area contributed by atoms with Gasteiger partial charge in [0, 0.05) is 14.1 Å². The normalized spacial score (nSPS) is 25.5. The van der Waals surface area contributed by atoms with Gasteiger partial charge in [0.15, 0.2) is 5.41 Å². The smallest absolute Gasteiger partial charge is 0.214 e. The summed E-state index contributed by atoms with van der Waals surface area (Å²) in [6, 6.07) is 7.42. The second-order valence-corrected chi connectivity index (χ2v) is 4.50. The number of nitrogens with zero attached hydrogens (tertiary/aromatic N) is 6. The quantitative estimate of drug-likeness (QED) is 0.635. The molecule has 0 aromatic rings. The van der Waals surface area contributed by atoms with Crippen molar-refractivity contribution in [1.29, 1.82) is 21.0 Å². The highest BCUT2D eigenvalue weighted by Gasteiger charge is 2.66. The minimum Gasteiger partial charge on any atom is -0.303 e. The molecule has 0 aliphatic heterocycles. The fourth-order valence-electron chi connectivity index (χ4n) is 2.29. The summed E-state index contributed by atoms with van der Waals surface area (Å²) in [6.45, 7) is 1.69. The summed E-state index contributed by atoms with van der Waals surface area (Å²) in [7, 11) is 3.33. The molecule has 0 saturated heterocycles. The van der Waals surface area contributed by atoms with Crippen LogP contribution in [0.5, 0.6) is 0 Å². The van der Waals surface area contributed by atoms with E-state index in [0.29, 0.717) is 6.42 Å². The molecule has 0 heterocycles. The van der Waals surface area contributed by atoms with E-state index in [9.17, 15) is 21.0 Å². The Kier molecular flexibility index (Phi) is 3.27. The average molecular weight is 240 g/mol. The van der Waals surface area contributed by atoms with Crippen LogP contribution in [0, 0.1) is 62.1 Å². The molecule has 0 spiro atoms. The molecule has 1 fully saturated rings. The van der Waals surface area contributed by atoms with Gasteiger partial charge in [-0.2, -0.15) is 26.1 Å². The highest BCUT2D eigenvalue weighted by Crippen LogP contribution is 2.53. The van der Waals surface area contributed by atoms with E-state index in [2.05, 4.69) is 5.10 Å². The molecule has 1 rings (SSSR count). The molecule has 0 N–H and O–H groups in total. The van der Waals surface area contributed by atoms with E-state index in [1.54, 1.807) is 21.0 Å². The summed E-state index contributed by atoms with van der Waals surface area (Å²) in [5.74, 6) is -0.412. The van der Waals surface area contributed by atoms with Gasteiger partial charge in [-0.25, -0.2) is 0 Å². The fraction of sp³-hybridized carbons (Fsp3) is 0.583. The minimum atomic E-state index is -1.79. The van der Waals surface area contributed by atoms with Crippen LogP contribution in [0.25, 0.3) is 0 Å². The maximum absolute atomic E-state index is 9.34. The van der Waals surface area contributed by atoms with Crippen LogP contribution in [-0.4, -0.2) is 24.8 Å². The molecule has 1 atom stereocenters. The topological polar surface area (TPSA) is 111 Å². The van der Waals surface area contributed by atoms with Crippen molar-refractivity contribution in [2.75, 3.05) is 14.1 Å². The first kappa shape index (κ1) is 13.5. The summed E-state index contributed by atoms with van der Waals surface area (Å²) in [4.78, 5) is 0. The lowest BCUT2D eigenvalue weighted by Gasteiger charge is -2.26. The van der Waals surface area contributed by atoms with Crippen molar-refractivity contribution in [1.82, 2.24) is 5.01 Å². The minimum absolute atomic E-state index is 0.285. The number of rotatable bonds is 1. The van der Waals surface area contributed by atoms with Crippen molar-refractivity contribution in [2.24, 2.45) is 21.8 Å². The van der Waals surface area contributed by atoms with E-state index in [1.165, 1.54) is 5.01 Å². The van der Waals surface area contributed by atoms with Gasteiger partial charge in [0.25, 0.3) is 0 Å². The van der Waals surface area contributed by atoms with Gasteiger partial charge >= 0.3 is 0 Å². The van der Waals surface area contributed by atoms with Crippen LogP contribution in [-0.2, 0) is 0 Å². The lowest BCUT2D eigenvalue weighted by molar-refractivity contribution is 0.316. The monoisotopic (exact) mass is 240 g/mol. The zero-order chi connectivity index (χ0) is 14.0. The largest absolute Gasteiger partial charge is 0.303 e. The maximum Gasteiger partial charge on any atom is 0.214 e. The molecule has 1 saturated carbocycles. The Morgan fingerprint density at radius 1 is 1.11 bits per heavy atom. The van der Waals surface area contributed by atoms with Gasteiger partial charge in [0.2, 0.25) is 5.41 Å². The first-order valence-corrected chi connectivity index (χ1v) is 5.34. The standard InChI is InChI=1S/C12H12N6/c1-9-4-10(17-18(2)3)12(7-15,8-16)11(9,5-13)6-14/h9H,4H2,1-3H3/b17-10-/t9-/m0/s1. The molecular weight excluding hydrogens is 228 g/mol. The molecule has 0 amide bonds. The van der Waals surface area contributed by atoms with Crippen LogP contribution in [0.2, 0.25) is 0 Å². The highest BCUT2D eigenvalue weighted by atomic mass is 15.4. The van der Waals surface area contributed by atoms with Crippen LogP contribution >= 0.6 is 0 Å². The molecular formula is C12H12N6. The Bertz CT molecular complexity index is 517. The van der Waals surface area contributed by atoms with E-state index >= 15 is 0 Å². The van der Waals surface area contributed by atoms with Gasteiger partial charge in [-0.3, -0.25) is 0 Å².